The summed E-state index contributed by atoms with van der Waals surface area (Å²) < 4.78 is 5.51. The van der Waals surface area contributed by atoms with Crippen molar-refractivity contribution in [1.29, 1.82) is 0 Å². The lowest BCUT2D eigenvalue weighted by molar-refractivity contribution is -0.143. The highest BCUT2D eigenvalue weighted by atomic mass is 16.5. The molecule has 0 aromatic carbocycles. The second kappa shape index (κ2) is 81.0. The SMILES string of the molecule is CCCCCCCCCCCCCCCCCCCCCCCC(O)C(CO)NC(=O)CCCCCCCCCCCCCCCCCCC/C=C\CCCCCCCCCCCCCCCCCCOC(=O)CCCCCCCCCCCCCCCCCC. The van der Waals surface area contributed by atoms with E-state index in [-0.39, 0.29) is 18.5 Å². The standard InChI is InChI=1S/C85H167NO5/c1-3-5-7-9-11-13-15-17-19-21-22-40-43-46-49-53-57-61-65-69-73-77-83(88)82(81-87)86-84(89)78-74-70-66-62-58-54-50-47-44-41-38-36-34-32-30-28-26-24-23-25-27-29-31-33-35-37-39-42-45-48-52-56-60-64-68-72-76-80-91-85(90)79-75-71-67-63-59-55-51-20-18-16-14-12-10-8-6-4-2/h23,25,82-83,87-88H,3-22,24,26-81H2,1-2H3,(H,86,89)/b25-23-. The van der Waals surface area contributed by atoms with E-state index in [4.69, 9.17) is 4.74 Å². The Morgan fingerprint density at radius 3 is 0.780 bits per heavy atom. The van der Waals surface area contributed by atoms with E-state index in [2.05, 4.69) is 31.3 Å². The first kappa shape index (κ1) is 89.6. The summed E-state index contributed by atoms with van der Waals surface area (Å²) in [5, 5.41) is 23.5. The van der Waals surface area contributed by atoms with Gasteiger partial charge in [0.05, 0.1) is 25.4 Å². The Morgan fingerprint density at radius 1 is 0.297 bits per heavy atom. The Balaban J connectivity index is 3.32. The zero-order valence-corrected chi connectivity index (χ0v) is 62.4. The molecule has 0 aromatic rings. The van der Waals surface area contributed by atoms with Crippen LogP contribution in [0, 0.1) is 0 Å². The molecule has 0 saturated heterocycles. The molecule has 0 fully saturated rings. The minimum absolute atomic E-state index is 0.0250. The molecule has 0 aromatic heterocycles. The maximum Gasteiger partial charge on any atom is 0.305 e. The third-order valence-electron chi connectivity index (χ3n) is 20.3. The van der Waals surface area contributed by atoms with Gasteiger partial charge in [-0.15, -0.1) is 0 Å². The van der Waals surface area contributed by atoms with Gasteiger partial charge in [-0.3, -0.25) is 9.59 Å². The normalized spacial score (nSPS) is 12.4. The lowest BCUT2D eigenvalue weighted by atomic mass is 10.0. The summed E-state index contributed by atoms with van der Waals surface area (Å²) in [7, 11) is 0. The van der Waals surface area contributed by atoms with E-state index in [9.17, 15) is 19.8 Å². The van der Waals surface area contributed by atoms with Gasteiger partial charge < -0.3 is 20.3 Å². The zero-order valence-electron chi connectivity index (χ0n) is 62.4. The van der Waals surface area contributed by atoms with Gasteiger partial charge in [0, 0.05) is 12.8 Å². The highest BCUT2D eigenvalue weighted by Gasteiger charge is 2.20. The Labute approximate surface area is 571 Å². The van der Waals surface area contributed by atoms with E-state index in [1.807, 2.05) is 0 Å². The van der Waals surface area contributed by atoms with Gasteiger partial charge in [0.2, 0.25) is 5.91 Å². The van der Waals surface area contributed by atoms with Gasteiger partial charge in [-0.05, 0) is 51.4 Å². The maximum absolute atomic E-state index is 12.6. The molecule has 0 saturated carbocycles. The van der Waals surface area contributed by atoms with Crippen LogP contribution in [0.5, 0.6) is 0 Å². The molecule has 0 heterocycles. The number of amides is 1. The molecule has 0 radical (unpaired) electrons. The van der Waals surface area contributed by atoms with Crippen LogP contribution in [0.2, 0.25) is 0 Å². The first-order valence-electron chi connectivity index (χ1n) is 42.4. The van der Waals surface area contributed by atoms with Crippen LogP contribution in [-0.2, 0) is 14.3 Å². The average Bonchev–Trinajstić information content (AvgIpc) is 3.57. The van der Waals surface area contributed by atoms with Crippen molar-refractivity contribution in [3.8, 4) is 0 Å². The van der Waals surface area contributed by atoms with Crippen LogP contribution < -0.4 is 5.32 Å². The molecule has 6 nitrogen and oxygen atoms in total. The van der Waals surface area contributed by atoms with Crippen molar-refractivity contribution in [2.24, 2.45) is 0 Å². The average molecular weight is 1280 g/mol. The number of aliphatic hydroxyl groups excluding tert-OH is 2. The Bertz CT molecular complexity index is 1380. The molecule has 2 unspecified atom stereocenters. The summed E-state index contributed by atoms with van der Waals surface area (Å²) in [6.07, 6.45) is 103. The number of unbranched alkanes of at least 4 members (excludes halogenated alkanes) is 68. The Kier molecular flexibility index (Phi) is 79.8. The molecule has 1 amide bonds. The third-order valence-corrected chi connectivity index (χ3v) is 20.3. The predicted molar refractivity (Wildman–Crippen MR) is 403 cm³/mol. The number of nitrogens with one attached hydrogen (secondary N) is 1. The number of aliphatic hydroxyl groups is 2. The molecule has 0 aliphatic carbocycles. The van der Waals surface area contributed by atoms with Crippen LogP contribution >= 0.6 is 0 Å². The van der Waals surface area contributed by atoms with Gasteiger partial charge in [-0.25, -0.2) is 0 Å². The van der Waals surface area contributed by atoms with Gasteiger partial charge in [0.25, 0.3) is 0 Å². The van der Waals surface area contributed by atoms with Crippen molar-refractivity contribution < 1.29 is 24.5 Å². The van der Waals surface area contributed by atoms with Crippen molar-refractivity contribution in [2.45, 2.75) is 508 Å². The summed E-state index contributed by atoms with van der Waals surface area (Å²) in [5.74, 6) is 0.00133. The van der Waals surface area contributed by atoms with Crippen LogP contribution in [0.15, 0.2) is 12.2 Å². The summed E-state index contributed by atoms with van der Waals surface area (Å²) in [5.41, 5.74) is 0. The lowest BCUT2D eigenvalue weighted by Crippen LogP contribution is -2.45. The fraction of sp³-hybridized carbons (Fsp3) is 0.953. The fourth-order valence-electron chi connectivity index (χ4n) is 13.9. The van der Waals surface area contributed by atoms with Gasteiger partial charge in [-0.1, -0.05) is 443 Å². The van der Waals surface area contributed by atoms with Crippen molar-refractivity contribution in [1.82, 2.24) is 5.32 Å². The Morgan fingerprint density at radius 2 is 0.516 bits per heavy atom. The quantitative estimate of drug-likeness (QED) is 0.0320. The second-order valence-corrected chi connectivity index (χ2v) is 29.5. The molecule has 0 spiro atoms. The smallest absolute Gasteiger partial charge is 0.305 e. The minimum atomic E-state index is -0.662. The second-order valence-electron chi connectivity index (χ2n) is 29.5. The van der Waals surface area contributed by atoms with Gasteiger partial charge in [0.1, 0.15) is 0 Å². The fourth-order valence-corrected chi connectivity index (χ4v) is 13.9. The number of rotatable bonds is 81. The molecule has 0 aliphatic rings. The predicted octanol–water partition coefficient (Wildman–Crippen LogP) is 28.2. The molecule has 91 heavy (non-hydrogen) atoms. The van der Waals surface area contributed by atoms with Crippen LogP contribution in [-0.4, -0.2) is 47.4 Å². The number of hydrogen-bond donors (Lipinski definition) is 3. The largest absolute Gasteiger partial charge is 0.466 e. The molecule has 3 N–H and O–H groups in total. The van der Waals surface area contributed by atoms with E-state index in [0.29, 0.717) is 25.9 Å². The zero-order chi connectivity index (χ0) is 65.6. The number of carbonyl (C=O) groups is 2. The highest BCUT2D eigenvalue weighted by molar-refractivity contribution is 5.76. The first-order chi connectivity index (χ1) is 45.0. The van der Waals surface area contributed by atoms with E-state index in [1.165, 1.54) is 424 Å². The van der Waals surface area contributed by atoms with E-state index < -0.39 is 12.1 Å². The molecule has 0 aliphatic heterocycles. The van der Waals surface area contributed by atoms with E-state index in [1.54, 1.807) is 0 Å². The van der Waals surface area contributed by atoms with Gasteiger partial charge >= 0.3 is 5.97 Å². The number of allylic oxidation sites excluding steroid dienone is 2. The molecule has 6 heteroatoms. The van der Waals surface area contributed by atoms with Crippen molar-refractivity contribution in [3.05, 3.63) is 12.2 Å². The monoisotopic (exact) mass is 1280 g/mol. The molecule has 542 valence electrons. The van der Waals surface area contributed by atoms with Gasteiger partial charge in [0.15, 0.2) is 0 Å². The molecular weight excluding hydrogens is 1110 g/mol. The van der Waals surface area contributed by atoms with E-state index in [0.717, 1.165) is 38.5 Å². The molecule has 0 bridgehead atoms. The summed E-state index contributed by atoms with van der Waals surface area (Å²) in [6, 6.07) is -0.539. The highest BCUT2D eigenvalue weighted by Crippen LogP contribution is 2.21. The van der Waals surface area contributed by atoms with Crippen molar-refractivity contribution in [3.63, 3.8) is 0 Å². The summed E-state index contributed by atoms with van der Waals surface area (Å²) in [6.45, 7) is 5.02. The Hall–Kier alpha value is -1.40. The van der Waals surface area contributed by atoms with Crippen LogP contribution in [0.25, 0.3) is 0 Å². The third kappa shape index (κ3) is 77.5. The van der Waals surface area contributed by atoms with Crippen LogP contribution in [0.4, 0.5) is 0 Å². The van der Waals surface area contributed by atoms with Gasteiger partial charge in [-0.2, -0.15) is 0 Å². The topological polar surface area (TPSA) is 95.9 Å². The summed E-state index contributed by atoms with van der Waals surface area (Å²) >= 11 is 0. The minimum Gasteiger partial charge on any atom is -0.466 e. The summed E-state index contributed by atoms with van der Waals surface area (Å²) in [4.78, 5) is 24.7. The van der Waals surface area contributed by atoms with E-state index >= 15 is 0 Å². The molecule has 2 atom stereocenters. The number of hydrogen-bond acceptors (Lipinski definition) is 5. The number of carbonyl (C=O) groups excluding carboxylic acids is 2. The van der Waals surface area contributed by atoms with Crippen molar-refractivity contribution in [2.75, 3.05) is 13.2 Å². The first-order valence-corrected chi connectivity index (χ1v) is 42.4. The lowest BCUT2D eigenvalue weighted by Gasteiger charge is -2.22. The molecular formula is C85H167NO5. The molecule has 0 rings (SSSR count). The number of ether oxygens (including phenoxy) is 1. The van der Waals surface area contributed by atoms with Crippen LogP contribution in [0.3, 0.4) is 0 Å². The van der Waals surface area contributed by atoms with Crippen molar-refractivity contribution >= 4 is 11.9 Å². The van der Waals surface area contributed by atoms with Crippen LogP contribution in [0.1, 0.15) is 495 Å². The maximum atomic E-state index is 12.6. The number of esters is 1.